The molecule has 1 heteroatoms. The molecule has 0 aliphatic heterocycles. The summed E-state index contributed by atoms with van der Waals surface area (Å²) in [6, 6.07) is 49.5. The van der Waals surface area contributed by atoms with E-state index in [-0.39, 0.29) is 16.2 Å². The number of benzene rings is 8. The zero-order chi connectivity index (χ0) is 37.1. The lowest BCUT2D eigenvalue weighted by molar-refractivity contribution is 0.513. The van der Waals surface area contributed by atoms with Gasteiger partial charge >= 0.3 is 0 Å². The summed E-state index contributed by atoms with van der Waals surface area (Å²) in [7, 11) is 0. The first-order valence-electron chi connectivity index (χ1n) is 19.9. The maximum absolute atomic E-state index is 5.04. The fourth-order valence-electron chi connectivity index (χ4n) is 10.2. The second-order valence-electron chi connectivity index (χ2n) is 17.7. The van der Waals surface area contributed by atoms with Gasteiger partial charge in [0.25, 0.3) is 0 Å². The highest BCUT2D eigenvalue weighted by Gasteiger charge is 2.42. The highest BCUT2D eigenvalue weighted by Crippen LogP contribution is 2.55. The highest BCUT2D eigenvalue weighted by atomic mass is 32.1. The van der Waals surface area contributed by atoms with Crippen molar-refractivity contribution in [2.45, 2.75) is 77.0 Å². The van der Waals surface area contributed by atoms with E-state index in [2.05, 4.69) is 169 Å². The minimum Gasteiger partial charge on any atom is -0.178 e. The number of fused-ring (bicyclic) bond motifs is 6. The molecule has 0 heterocycles. The Hall–Kier alpha value is -4.85. The molecule has 0 nitrogen and oxygen atoms in total. The summed E-state index contributed by atoms with van der Waals surface area (Å²) in [4.78, 5) is 0. The average molecular weight is 717 g/mol. The lowest BCUT2D eigenvalue weighted by atomic mass is 9.75. The van der Waals surface area contributed by atoms with Crippen LogP contribution in [0.25, 0.3) is 76.8 Å². The largest absolute Gasteiger partial charge is 0.178 e. The summed E-state index contributed by atoms with van der Waals surface area (Å²) in [5.41, 5.74) is 17.7. The molecule has 10 rings (SSSR count). The zero-order valence-corrected chi connectivity index (χ0v) is 33.3. The van der Waals surface area contributed by atoms with Crippen LogP contribution in [0.2, 0.25) is 0 Å². The molecule has 2 aliphatic carbocycles. The normalized spacial score (nSPS) is 16.9. The molecule has 0 amide bonds. The summed E-state index contributed by atoms with van der Waals surface area (Å²) in [5, 5.41) is 8.07. The molecule has 266 valence electrons. The van der Waals surface area contributed by atoms with Gasteiger partial charge in [-0.2, -0.15) is 12.6 Å². The van der Waals surface area contributed by atoms with E-state index in [0.29, 0.717) is 0 Å². The fourth-order valence-corrected chi connectivity index (χ4v) is 10.7. The molecule has 0 bridgehead atoms. The minimum atomic E-state index is -0.132. The molecule has 8 aromatic rings. The van der Waals surface area contributed by atoms with E-state index in [9.17, 15) is 0 Å². The predicted octanol–water partition coefficient (Wildman–Crippen LogP) is 14.9. The minimum absolute atomic E-state index is 0.0514. The van der Waals surface area contributed by atoms with E-state index in [1.165, 1.54) is 117 Å². The van der Waals surface area contributed by atoms with Crippen LogP contribution in [0.3, 0.4) is 0 Å². The Bertz CT molecular complexity index is 2790. The quantitative estimate of drug-likeness (QED) is 0.129. The molecule has 0 saturated heterocycles. The van der Waals surface area contributed by atoms with E-state index in [1.54, 1.807) is 0 Å². The van der Waals surface area contributed by atoms with Crippen LogP contribution in [-0.4, -0.2) is 5.75 Å². The van der Waals surface area contributed by atoms with Gasteiger partial charge in [0.05, 0.1) is 0 Å². The molecule has 0 saturated carbocycles. The van der Waals surface area contributed by atoms with E-state index in [1.807, 2.05) is 0 Å². The smallest absolute Gasteiger partial charge is 0.0303 e. The molecular weight excluding hydrogens is 669 g/mol. The van der Waals surface area contributed by atoms with Crippen molar-refractivity contribution in [3.8, 4) is 44.5 Å². The van der Waals surface area contributed by atoms with Gasteiger partial charge in [-0.3, -0.25) is 0 Å². The van der Waals surface area contributed by atoms with Crippen LogP contribution >= 0.6 is 12.6 Å². The van der Waals surface area contributed by atoms with Gasteiger partial charge in [0, 0.05) is 16.6 Å². The predicted molar refractivity (Wildman–Crippen MR) is 237 cm³/mol. The van der Waals surface area contributed by atoms with Crippen molar-refractivity contribution < 1.29 is 0 Å². The number of unbranched alkanes of at least 4 members (excludes halogenated alkanes) is 1. The third kappa shape index (κ3) is 4.70. The third-order valence-corrected chi connectivity index (χ3v) is 13.8. The third-order valence-electron chi connectivity index (χ3n) is 13.3. The van der Waals surface area contributed by atoms with Crippen LogP contribution in [0, 0.1) is 0 Å². The Morgan fingerprint density at radius 2 is 1.06 bits per heavy atom. The molecule has 0 N–H and O–H groups in total. The molecule has 0 aromatic heterocycles. The van der Waals surface area contributed by atoms with Gasteiger partial charge < -0.3 is 0 Å². The Morgan fingerprint density at radius 1 is 0.519 bits per heavy atom. The van der Waals surface area contributed by atoms with E-state index >= 15 is 0 Å². The summed E-state index contributed by atoms with van der Waals surface area (Å²) in [6.07, 6.45) is 3.50. The summed E-state index contributed by atoms with van der Waals surface area (Å²) < 4.78 is 0. The summed E-state index contributed by atoms with van der Waals surface area (Å²) in [5.74, 6) is 0.819. The lowest BCUT2D eigenvalue weighted by Crippen LogP contribution is -2.27. The van der Waals surface area contributed by atoms with Gasteiger partial charge in [-0.1, -0.05) is 164 Å². The van der Waals surface area contributed by atoms with E-state index in [0.717, 1.165) is 12.2 Å². The molecule has 0 fully saturated rings. The molecule has 1 atom stereocenters. The van der Waals surface area contributed by atoms with E-state index < -0.39 is 0 Å². The van der Waals surface area contributed by atoms with Crippen molar-refractivity contribution in [2.24, 2.45) is 0 Å². The van der Waals surface area contributed by atoms with Crippen LogP contribution < -0.4 is 0 Å². The van der Waals surface area contributed by atoms with Gasteiger partial charge in [0.2, 0.25) is 0 Å². The molecule has 2 aliphatic rings. The first-order chi connectivity index (χ1) is 26.0. The topological polar surface area (TPSA) is 0 Å². The number of thiol groups is 1. The number of hydrogen-bond donors (Lipinski definition) is 1. The molecule has 0 radical (unpaired) electrons. The van der Waals surface area contributed by atoms with Gasteiger partial charge in [0.15, 0.2) is 0 Å². The molecule has 54 heavy (non-hydrogen) atoms. The molecule has 0 spiro atoms. The van der Waals surface area contributed by atoms with Crippen LogP contribution in [0.4, 0.5) is 0 Å². The summed E-state index contributed by atoms with van der Waals surface area (Å²) >= 11 is 5.04. The standard InChI is InChI=1S/C53H48S/c1-7-8-25-53(31-54)45-12-10-9-11-40(45)43-22-17-34(29-48(43)53)33-16-21-41-42-23-18-35(30-47(42)52(5,6)46(41)28-33)39-20-15-32-13-14-36-26-38(51(2,3)4)27-37-19-24-44(39)50(32)49(36)37/h9-24,26-30,54H,7-8,25,31H2,1-6H3. The monoisotopic (exact) mass is 716 g/mol. The number of hydrogen-bond acceptors (Lipinski definition) is 1. The van der Waals surface area contributed by atoms with Crippen molar-refractivity contribution in [3.05, 3.63) is 155 Å². The molecular formula is C53H48S. The van der Waals surface area contributed by atoms with Crippen LogP contribution in [0.5, 0.6) is 0 Å². The van der Waals surface area contributed by atoms with Crippen LogP contribution in [0.15, 0.2) is 127 Å². The van der Waals surface area contributed by atoms with Gasteiger partial charge in [-0.15, -0.1) is 0 Å². The van der Waals surface area contributed by atoms with Crippen molar-refractivity contribution in [2.75, 3.05) is 5.75 Å². The Labute approximate surface area is 326 Å². The van der Waals surface area contributed by atoms with Crippen molar-refractivity contribution >= 4 is 44.9 Å². The van der Waals surface area contributed by atoms with Crippen molar-refractivity contribution in [1.29, 1.82) is 0 Å². The average Bonchev–Trinajstić information content (AvgIpc) is 3.59. The Kier molecular flexibility index (Phi) is 7.38. The van der Waals surface area contributed by atoms with Crippen LogP contribution in [-0.2, 0) is 16.2 Å². The summed E-state index contributed by atoms with van der Waals surface area (Å²) in [6.45, 7) is 14.0. The highest BCUT2D eigenvalue weighted by molar-refractivity contribution is 7.80. The van der Waals surface area contributed by atoms with Gasteiger partial charge in [-0.05, 0) is 135 Å². The van der Waals surface area contributed by atoms with E-state index in [4.69, 9.17) is 12.6 Å². The molecule has 1 unspecified atom stereocenters. The Balaban J connectivity index is 1.06. The second-order valence-corrected chi connectivity index (χ2v) is 18.0. The fraction of sp³-hybridized carbons (Fsp3) is 0.245. The maximum atomic E-state index is 5.04. The first kappa shape index (κ1) is 33.7. The SMILES string of the molecule is CCCCC1(CS)c2ccccc2-c2ccc(-c3ccc4c(c3)C(C)(C)c3cc(-c5ccc6ccc7cc(C(C)(C)C)cc8ccc5c6c78)ccc3-4)cc21. The maximum Gasteiger partial charge on any atom is 0.0303 e. The van der Waals surface area contributed by atoms with Crippen LogP contribution in [0.1, 0.15) is 88.6 Å². The lowest BCUT2D eigenvalue weighted by Gasteiger charge is -2.31. The van der Waals surface area contributed by atoms with Gasteiger partial charge in [-0.25, -0.2) is 0 Å². The molecule has 8 aromatic carbocycles. The van der Waals surface area contributed by atoms with Gasteiger partial charge in [0.1, 0.15) is 0 Å². The first-order valence-corrected chi connectivity index (χ1v) is 20.5. The van der Waals surface area contributed by atoms with Crippen molar-refractivity contribution in [1.82, 2.24) is 0 Å². The number of rotatable bonds is 6. The second kappa shape index (κ2) is 11.8. The Morgan fingerprint density at radius 3 is 1.72 bits per heavy atom. The zero-order valence-electron chi connectivity index (χ0n) is 32.4. The van der Waals surface area contributed by atoms with Crippen molar-refractivity contribution in [3.63, 3.8) is 0 Å².